The van der Waals surface area contributed by atoms with E-state index in [9.17, 15) is 0 Å². The number of aliphatic hydroxyl groups is 1. The van der Waals surface area contributed by atoms with Crippen LogP contribution in [0.25, 0.3) is 0 Å². The van der Waals surface area contributed by atoms with Crippen molar-refractivity contribution >= 4 is 5.69 Å². The number of likely N-dealkylation sites (N-methyl/N-ethyl adjacent to an activating group) is 1. The Kier molecular flexibility index (Phi) is 4.59. The summed E-state index contributed by atoms with van der Waals surface area (Å²) in [6.07, 6.45) is 0. The van der Waals surface area contributed by atoms with Crippen molar-refractivity contribution < 1.29 is 5.11 Å². The zero-order chi connectivity index (χ0) is 11.3. The van der Waals surface area contributed by atoms with Crippen molar-refractivity contribution in [3.8, 4) is 0 Å². The molecule has 0 radical (unpaired) electrons. The minimum absolute atomic E-state index is 0.188. The fourth-order valence-electron chi connectivity index (χ4n) is 1.59. The summed E-state index contributed by atoms with van der Waals surface area (Å²) in [5.74, 6) is 0. The van der Waals surface area contributed by atoms with Gasteiger partial charge in [-0.2, -0.15) is 0 Å². The third-order valence-corrected chi connectivity index (χ3v) is 2.57. The largest absolute Gasteiger partial charge is 0.395 e. The second-order valence-electron chi connectivity index (χ2n) is 3.79. The van der Waals surface area contributed by atoms with Crippen molar-refractivity contribution in [1.29, 1.82) is 0 Å². The van der Waals surface area contributed by atoms with Crippen molar-refractivity contribution in [2.75, 3.05) is 32.1 Å². The van der Waals surface area contributed by atoms with Crippen LogP contribution in [-0.2, 0) is 6.54 Å². The molecule has 0 aromatic heterocycles. The summed E-state index contributed by atoms with van der Waals surface area (Å²) in [7, 11) is 3.94. The van der Waals surface area contributed by atoms with Crippen LogP contribution in [0.4, 0.5) is 5.69 Å². The number of hydrogen-bond donors (Lipinski definition) is 2. The topological polar surface area (TPSA) is 35.5 Å². The number of aryl methyl sites for hydroxylation is 1. The molecule has 0 amide bonds. The van der Waals surface area contributed by atoms with E-state index >= 15 is 0 Å². The fraction of sp³-hybridized carbons (Fsp3) is 0.500. The van der Waals surface area contributed by atoms with Crippen molar-refractivity contribution in [2.24, 2.45) is 0 Å². The van der Waals surface area contributed by atoms with Gasteiger partial charge in [0.05, 0.1) is 6.61 Å². The van der Waals surface area contributed by atoms with Crippen LogP contribution in [-0.4, -0.2) is 32.4 Å². The quantitative estimate of drug-likeness (QED) is 0.762. The standard InChI is InChI=1S/C12H20N2O/c1-10-8-12(14(3)6-7-15)5-4-11(10)9-13-2/h4-5,8,13,15H,6-7,9H2,1-3H3. The lowest BCUT2D eigenvalue weighted by molar-refractivity contribution is 0.304. The smallest absolute Gasteiger partial charge is 0.0606 e. The van der Waals surface area contributed by atoms with Gasteiger partial charge in [-0.15, -0.1) is 0 Å². The summed E-state index contributed by atoms with van der Waals surface area (Å²) in [5.41, 5.74) is 3.76. The molecule has 1 aromatic rings. The van der Waals surface area contributed by atoms with Gasteiger partial charge in [-0.3, -0.25) is 0 Å². The maximum Gasteiger partial charge on any atom is 0.0606 e. The van der Waals surface area contributed by atoms with E-state index in [1.165, 1.54) is 11.1 Å². The monoisotopic (exact) mass is 208 g/mol. The van der Waals surface area contributed by atoms with Gasteiger partial charge in [0.15, 0.2) is 0 Å². The molecule has 0 aliphatic carbocycles. The number of nitrogens with zero attached hydrogens (tertiary/aromatic N) is 1. The first-order chi connectivity index (χ1) is 7.19. The second-order valence-corrected chi connectivity index (χ2v) is 3.79. The zero-order valence-electron chi connectivity index (χ0n) is 9.75. The molecule has 0 spiro atoms. The summed E-state index contributed by atoms with van der Waals surface area (Å²) >= 11 is 0. The van der Waals surface area contributed by atoms with Crippen molar-refractivity contribution in [3.63, 3.8) is 0 Å². The van der Waals surface area contributed by atoms with Gasteiger partial charge >= 0.3 is 0 Å². The van der Waals surface area contributed by atoms with E-state index in [-0.39, 0.29) is 6.61 Å². The van der Waals surface area contributed by atoms with E-state index < -0.39 is 0 Å². The highest BCUT2D eigenvalue weighted by molar-refractivity contribution is 5.50. The van der Waals surface area contributed by atoms with Gasteiger partial charge in [0.25, 0.3) is 0 Å². The molecule has 1 rings (SSSR count). The summed E-state index contributed by atoms with van der Waals surface area (Å²) < 4.78 is 0. The third-order valence-electron chi connectivity index (χ3n) is 2.57. The predicted molar refractivity (Wildman–Crippen MR) is 64.3 cm³/mol. The van der Waals surface area contributed by atoms with E-state index in [0.717, 1.165) is 12.2 Å². The van der Waals surface area contributed by atoms with Gasteiger partial charge in [-0.25, -0.2) is 0 Å². The Morgan fingerprint density at radius 1 is 1.40 bits per heavy atom. The van der Waals surface area contributed by atoms with Gasteiger partial charge in [-0.05, 0) is 37.2 Å². The molecule has 1 aromatic carbocycles. The molecular weight excluding hydrogens is 188 g/mol. The lowest BCUT2D eigenvalue weighted by Crippen LogP contribution is -2.21. The molecule has 2 N–H and O–H groups in total. The summed E-state index contributed by atoms with van der Waals surface area (Å²) in [6, 6.07) is 6.38. The van der Waals surface area contributed by atoms with Crippen molar-refractivity contribution in [2.45, 2.75) is 13.5 Å². The van der Waals surface area contributed by atoms with Crippen LogP contribution < -0.4 is 10.2 Å². The Morgan fingerprint density at radius 3 is 2.67 bits per heavy atom. The van der Waals surface area contributed by atoms with Gasteiger partial charge in [-0.1, -0.05) is 6.07 Å². The van der Waals surface area contributed by atoms with Crippen molar-refractivity contribution in [1.82, 2.24) is 5.32 Å². The Bertz CT molecular complexity index is 312. The number of hydrogen-bond acceptors (Lipinski definition) is 3. The molecule has 0 aliphatic heterocycles. The average Bonchev–Trinajstić information content (AvgIpc) is 2.21. The number of anilines is 1. The fourth-order valence-corrected chi connectivity index (χ4v) is 1.59. The minimum Gasteiger partial charge on any atom is -0.395 e. The van der Waals surface area contributed by atoms with E-state index in [1.807, 2.05) is 14.1 Å². The second kappa shape index (κ2) is 5.73. The third kappa shape index (κ3) is 3.22. The molecule has 0 fully saturated rings. The first-order valence-corrected chi connectivity index (χ1v) is 5.25. The normalized spacial score (nSPS) is 10.4. The Balaban J connectivity index is 2.81. The molecule has 0 heterocycles. The maximum absolute atomic E-state index is 8.85. The molecule has 0 bridgehead atoms. The number of benzene rings is 1. The molecule has 0 saturated heterocycles. The highest BCUT2D eigenvalue weighted by Gasteiger charge is 2.02. The van der Waals surface area contributed by atoms with Gasteiger partial charge in [0.1, 0.15) is 0 Å². The van der Waals surface area contributed by atoms with Crippen LogP contribution in [0.15, 0.2) is 18.2 Å². The maximum atomic E-state index is 8.85. The highest BCUT2D eigenvalue weighted by atomic mass is 16.3. The first-order valence-electron chi connectivity index (χ1n) is 5.25. The summed E-state index contributed by atoms with van der Waals surface area (Å²) in [4.78, 5) is 2.05. The molecule has 15 heavy (non-hydrogen) atoms. The van der Waals surface area contributed by atoms with Crippen LogP contribution in [0, 0.1) is 6.92 Å². The Morgan fingerprint density at radius 2 is 2.13 bits per heavy atom. The SMILES string of the molecule is CNCc1ccc(N(C)CCO)cc1C. The van der Waals surface area contributed by atoms with E-state index in [1.54, 1.807) is 0 Å². The highest BCUT2D eigenvalue weighted by Crippen LogP contribution is 2.17. The summed E-state index contributed by atoms with van der Waals surface area (Å²) in [6.45, 7) is 3.87. The van der Waals surface area contributed by atoms with Crippen LogP contribution >= 0.6 is 0 Å². The molecule has 0 atom stereocenters. The van der Waals surface area contributed by atoms with Gasteiger partial charge in [0.2, 0.25) is 0 Å². The lowest BCUT2D eigenvalue weighted by Gasteiger charge is -2.19. The first kappa shape index (κ1) is 12.0. The van der Waals surface area contributed by atoms with Crippen LogP contribution in [0.2, 0.25) is 0 Å². The van der Waals surface area contributed by atoms with Crippen LogP contribution in [0.1, 0.15) is 11.1 Å². The number of nitrogens with one attached hydrogen (secondary N) is 1. The molecule has 0 saturated carbocycles. The number of aliphatic hydroxyl groups excluding tert-OH is 1. The van der Waals surface area contributed by atoms with Crippen LogP contribution in [0.3, 0.4) is 0 Å². The van der Waals surface area contributed by atoms with E-state index in [4.69, 9.17) is 5.11 Å². The summed E-state index contributed by atoms with van der Waals surface area (Å²) in [5, 5.41) is 12.0. The zero-order valence-corrected chi connectivity index (χ0v) is 9.75. The lowest BCUT2D eigenvalue weighted by atomic mass is 10.1. The van der Waals surface area contributed by atoms with Gasteiger partial charge in [0, 0.05) is 25.8 Å². The molecule has 0 aliphatic rings. The number of rotatable bonds is 5. The van der Waals surface area contributed by atoms with E-state index in [0.29, 0.717) is 6.54 Å². The molecule has 3 heteroatoms. The van der Waals surface area contributed by atoms with Gasteiger partial charge < -0.3 is 15.3 Å². The van der Waals surface area contributed by atoms with Crippen molar-refractivity contribution in [3.05, 3.63) is 29.3 Å². The molecule has 3 nitrogen and oxygen atoms in total. The molecule has 84 valence electrons. The Labute approximate surface area is 91.7 Å². The van der Waals surface area contributed by atoms with Crippen LogP contribution in [0.5, 0.6) is 0 Å². The molecular formula is C12H20N2O. The Hall–Kier alpha value is -1.06. The van der Waals surface area contributed by atoms with E-state index in [2.05, 4.69) is 35.3 Å². The molecule has 0 unspecified atom stereocenters. The predicted octanol–water partition coefficient (Wildman–Crippen LogP) is 1.14. The minimum atomic E-state index is 0.188. The average molecular weight is 208 g/mol.